The molecule has 4 aromatic carbocycles. The number of sulfonamides is 1. The maximum Gasteiger partial charge on any atom is 0.255 e. The van der Waals surface area contributed by atoms with E-state index in [1.807, 2.05) is 43.3 Å². The van der Waals surface area contributed by atoms with Crippen molar-refractivity contribution in [2.75, 3.05) is 38.1 Å². The molecule has 7 nitrogen and oxygen atoms in total. The smallest absolute Gasteiger partial charge is 0.255 e. The number of benzene rings is 4. The zero-order valence-corrected chi connectivity index (χ0v) is 25.9. The highest BCUT2D eigenvalue weighted by Crippen LogP contribution is 2.31. The highest BCUT2D eigenvalue weighted by Gasteiger charge is 2.32. The second-order valence-electron chi connectivity index (χ2n) is 10.1. The normalized spacial score (nSPS) is 14.5. The number of anilines is 1. The van der Waals surface area contributed by atoms with Crippen molar-refractivity contribution in [3.05, 3.63) is 124 Å². The van der Waals surface area contributed by atoms with Gasteiger partial charge in [0.15, 0.2) is 0 Å². The van der Waals surface area contributed by atoms with Crippen molar-refractivity contribution in [2.24, 2.45) is 0 Å². The third kappa shape index (κ3) is 6.93. The van der Waals surface area contributed by atoms with Crippen molar-refractivity contribution in [2.45, 2.75) is 24.3 Å². The molecule has 1 amide bonds. The van der Waals surface area contributed by atoms with E-state index >= 15 is 0 Å². The molecule has 0 atom stereocenters. The Morgan fingerprint density at radius 2 is 1.45 bits per heavy atom. The standard InChI is InChI=1S/C33H34BrN3O4S/c1-2-23-41-31-18-13-27(24-30(31)34)33(38)35-28-14-16-29(17-15-28)42(39,40)37-21-19-36(20-22-37)32(25-9-5-3-6-10-25)26-11-7-4-8-12-26/h3-18,24,32H,2,19-23H2,1H3,(H,35,38). The van der Waals surface area contributed by atoms with Crippen LogP contribution in [0.25, 0.3) is 0 Å². The molecule has 4 aromatic rings. The predicted molar refractivity (Wildman–Crippen MR) is 169 cm³/mol. The second-order valence-corrected chi connectivity index (χ2v) is 12.9. The number of carbonyl (C=O) groups is 1. The summed E-state index contributed by atoms with van der Waals surface area (Å²) in [5.41, 5.74) is 3.35. The molecule has 42 heavy (non-hydrogen) atoms. The maximum atomic E-state index is 13.5. The third-order valence-corrected chi connectivity index (χ3v) is 9.81. The summed E-state index contributed by atoms with van der Waals surface area (Å²) in [5.74, 6) is 0.385. The van der Waals surface area contributed by atoms with Gasteiger partial charge in [-0.1, -0.05) is 67.6 Å². The summed E-state index contributed by atoms with van der Waals surface area (Å²) in [6.07, 6.45) is 0.888. The Morgan fingerprint density at radius 3 is 2.00 bits per heavy atom. The van der Waals surface area contributed by atoms with Gasteiger partial charge in [0, 0.05) is 37.4 Å². The molecule has 0 aromatic heterocycles. The van der Waals surface area contributed by atoms with Crippen molar-refractivity contribution in [1.29, 1.82) is 0 Å². The number of ether oxygens (including phenoxy) is 1. The Bertz CT molecular complexity index is 1550. The molecule has 218 valence electrons. The van der Waals surface area contributed by atoms with Crippen LogP contribution >= 0.6 is 15.9 Å². The fraction of sp³-hybridized carbons (Fsp3) is 0.242. The second kappa shape index (κ2) is 13.6. The quantitative estimate of drug-likeness (QED) is 0.210. The van der Waals surface area contributed by atoms with Gasteiger partial charge in [-0.3, -0.25) is 9.69 Å². The monoisotopic (exact) mass is 647 g/mol. The van der Waals surface area contributed by atoms with E-state index in [1.165, 1.54) is 11.1 Å². The lowest BCUT2D eigenvalue weighted by Crippen LogP contribution is -2.49. The molecule has 0 saturated carbocycles. The van der Waals surface area contributed by atoms with Gasteiger partial charge in [0.1, 0.15) is 5.75 Å². The number of hydrogen-bond acceptors (Lipinski definition) is 5. The first kappa shape index (κ1) is 30.0. The van der Waals surface area contributed by atoms with E-state index in [0.717, 1.165) is 6.42 Å². The first-order chi connectivity index (χ1) is 20.4. The van der Waals surface area contributed by atoms with Crippen LogP contribution in [0, 0.1) is 0 Å². The minimum Gasteiger partial charge on any atom is -0.492 e. The molecule has 1 saturated heterocycles. The SMILES string of the molecule is CCCOc1ccc(C(=O)Nc2ccc(S(=O)(=O)N3CCN(C(c4ccccc4)c4ccccc4)CC3)cc2)cc1Br. The van der Waals surface area contributed by atoms with Crippen molar-refractivity contribution < 1.29 is 17.9 Å². The summed E-state index contributed by atoms with van der Waals surface area (Å²) in [6, 6.07) is 32.2. The van der Waals surface area contributed by atoms with Gasteiger partial charge in [0.2, 0.25) is 10.0 Å². The Hall–Kier alpha value is -3.50. The lowest BCUT2D eigenvalue weighted by Gasteiger charge is -2.39. The molecule has 0 bridgehead atoms. The average molecular weight is 649 g/mol. The number of nitrogens with one attached hydrogen (secondary N) is 1. The lowest BCUT2D eigenvalue weighted by molar-refractivity contribution is 0.102. The van der Waals surface area contributed by atoms with E-state index in [0.29, 0.717) is 54.3 Å². The van der Waals surface area contributed by atoms with E-state index in [2.05, 4.69) is 50.4 Å². The Labute approximate surface area is 256 Å². The maximum absolute atomic E-state index is 13.5. The van der Waals surface area contributed by atoms with E-state index in [4.69, 9.17) is 4.74 Å². The zero-order chi connectivity index (χ0) is 29.5. The molecule has 1 aliphatic heterocycles. The van der Waals surface area contributed by atoms with Gasteiger partial charge in [-0.05, 0) is 75.9 Å². The Kier molecular flexibility index (Phi) is 9.74. The number of carbonyl (C=O) groups excluding carboxylic acids is 1. The minimum absolute atomic E-state index is 0.0563. The molecule has 1 heterocycles. The fourth-order valence-electron chi connectivity index (χ4n) is 5.12. The van der Waals surface area contributed by atoms with Crippen LogP contribution in [0.4, 0.5) is 5.69 Å². The van der Waals surface area contributed by atoms with E-state index < -0.39 is 10.0 Å². The molecular weight excluding hydrogens is 614 g/mol. The summed E-state index contributed by atoms with van der Waals surface area (Å²) < 4.78 is 34.9. The van der Waals surface area contributed by atoms with Gasteiger partial charge in [-0.15, -0.1) is 0 Å². The molecule has 0 spiro atoms. The van der Waals surface area contributed by atoms with Crippen LogP contribution in [-0.4, -0.2) is 56.3 Å². The molecule has 0 radical (unpaired) electrons. The van der Waals surface area contributed by atoms with Crippen LogP contribution in [0.3, 0.4) is 0 Å². The van der Waals surface area contributed by atoms with Crippen LogP contribution in [-0.2, 0) is 10.0 Å². The summed E-state index contributed by atoms with van der Waals surface area (Å²) >= 11 is 3.46. The fourth-order valence-corrected chi connectivity index (χ4v) is 7.04. The zero-order valence-electron chi connectivity index (χ0n) is 23.4. The van der Waals surface area contributed by atoms with Crippen LogP contribution in [0.2, 0.25) is 0 Å². The number of rotatable bonds is 10. The summed E-state index contributed by atoms with van der Waals surface area (Å²) in [6.45, 7) is 4.63. The lowest BCUT2D eigenvalue weighted by atomic mass is 9.96. The number of hydrogen-bond donors (Lipinski definition) is 1. The van der Waals surface area contributed by atoms with E-state index in [-0.39, 0.29) is 16.8 Å². The number of piperazine rings is 1. The van der Waals surface area contributed by atoms with E-state index in [1.54, 1.807) is 46.8 Å². The van der Waals surface area contributed by atoms with Crippen molar-refractivity contribution in [1.82, 2.24) is 9.21 Å². The topological polar surface area (TPSA) is 78.9 Å². The van der Waals surface area contributed by atoms with Crippen molar-refractivity contribution in [3.8, 4) is 5.75 Å². The van der Waals surface area contributed by atoms with Crippen LogP contribution in [0.15, 0.2) is 112 Å². The first-order valence-electron chi connectivity index (χ1n) is 14.0. The molecule has 0 unspecified atom stereocenters. The van der Waals surface area contributed by atoms with Gasteiger partial charge in [-0.25, -0.2) is 8.42 Å². The first-order valence-corrected chi connectivity index (χ1v) is 16.3. The molecular formula is C33H34BrN3O4S. The molecule has 5 rings (SSSR count). The Balaban J connectivity index is 1.23. The summed E-state index contributed by atoms with van der Waals surface area (Å²) in [5, 5.41) is 2.84. The number of halogens is 1. The van der Waals surface area contributed by atoms with Gasteiger partial charge < -0.3 is 10.1 Å². The van der Waals surface area contributed by atoms with Crippen LogP contribution in [0.5, 0.6) is 5.75 Å². The predicted octanol–water partition coefficient (Wildman–Crippen LogP) is 6.59. The van der Waals surface area contributed by atoms with E-state index in [9.17, 15) is 13.2 Å². The van der Waals surface area contributed by atoms with Crippen molar-refractivity contribution >= 4 is 37.5 Å². The van der Waals surface area contributed by atoms with Gasteiger partial charge >= 0.3 is 0 Å². The van der Waals surface area contributed by atoms with Gasteiger partial charge in [0.25, 0.3) is 5.91 Å². The van der Waals surface area contributed by atoms with Gasteiger partial charge in [-0.2, -0.15) is 4.31 Å². The third-order valence-electron chi connectivity index (χ3n) is 7.27. The Morgan fingerprint density at radius 1 is 0.857 bits per heavy atom. The molecule has 1 aliphatic rings. The highest BCUT2D eigenvalue weighted by atomic mass is 79.9. The van der Waals surface area contributed by atoms with Crippen LogP contribution < -0.4 is 10.1 Å². The van der Waals surface area contributed by atoms with Gasteiger partial charge in [0.05, 0.1) is 22.0 Å². The number of nitrogens with zero attached hydrogens (tertiary/aromatic N) is 2. The van der Waals surface area contributed by atoms with Crippen LogP contribution in [0.1, 0.15) is 40.9 Å². The minimum atomic E-state index is -3.68. The average Bonchev–Trinajstić information content (AvgIpc) is 3.02. The molecule has 0 aliphatic carbocycles. The highest BCUT2D eigenvalue weighted by molar-refractivity contribution is 9.10. The summed E-state index contributed by atoms with van der Waals surface area (Å²) in [7, 11) is -3.68. The largest absolute Gasteiger partial charge is 0.492 e. The molecule has 9 heteroatoms. The van der Waals surface area contributed by atoms with Crippen molar-refractivity contribution in [3.63, 3.8) is 0 Å². The summed E-state index contributed by atoms with van der Waals surface area (Å²) in [4.78, 5) is 15.4. The molecule has 1 N–H and O–H groups in total. The number of amides is 1. The molecule has 1 fully saturated rings.